The van der Waals surface area contributed by atoms with Gasteiger partial charge in [0.1, 0.15) is 12.4 Å². The van der Waals surface area contributed by atoms with Gasteiger partial charge in [0, 0.05) is 12.2 Å². The zero-order valence-corrected chi connectivity index (χ0v) is 20.5. The van der Waals surface area contributed by atoms with Crippen LogP contribution in [0.15, 0.2) is 72.8 Å². The Bertz CT molecular complexity index is 1190. The highest BCUT2D eigenvalue weighted by Gasteiger charge is 2.30. The van der Waals surface area contributed by atoms with E-state index in [1.54, 1.807) is 12.1 Å². The van der Waals surface area contributed by atoms with Crippen molar-refractivity contribution in [2.45, 2.75) is 52.6 Å². The molecule has 34 heavy (non-hydrogen) atoms. The SMILES string of the molecule is CCCN(c1ccc(C(=O)O)cc1)c1cc2c(cc1OCc1ccccc1)C(C)(C)CC=C2C. The summed E-state index contributed by atoms with van der Waals surface area (Å²) in [6, 6.07) is 21.8. The first kappa shape index (κ1) is 23.6. The Hall–Kier alpha value is -3.53. The zero-order valence-electron chi connectivity index (χ0n) is 20.5. The van der Waals surface area contributed by atoms with E-state index in [9.17, 15) is 9.90 Å². The predicted octanol–water partition coefficient (Wildman–Crippen LogP) is 7.60. The molecule has 0 fully saturated rings. The van der Waals surface area contributed by atoms with Gasteiger partial charge in [-0.15, -0.1) is 0 Å². The molecule has 0 saturated carbocycles. The van der Waals surface area contributed by atoms with Gasteiger partial charge in [-0.25, -0.2) is 4.79 Å². The molecule has 176 valence electrons. The van der Waals surface area contributed by atoms with Crippen LogP contribution in [0.3, 0.4) is 0 Å². The molecule has 0 radical (unpaired) electrons. The maximum Gasteiger partial charge on any atom is 0.335 e. The van der Waals surface area contributed by atoms with Crippen LogP contribution in [-0.4, -0.2) is 17.6 Å². The molecular formula is C30H33NO3. The third-order valence-electron chi connectivity index (χ3n) is 6.57. The lowest BCUT2D eigenvalue weighted by molar-refractivity contribution is 0.0697. The standard InChI is InChI=1S/C30H33NO3/c1-5-17-31(24-13-11-23(12-14-24)29(32)33)27-18-25-21(2)15-16-30(3,4)26(25)19-28(27)34-20-22-9-7-6-8-10-22/h6-15,18-19H,5,16-17,20H2,1-4H3,(H,32,33). The van der Waals surface area contributed by atoms with Gasteiger partial charge >= 0.3 is 5.97 Å². The van der Waals surface area contributed by atoms with E-state index in [1.165, 1.54) is 16.7 Å². The van der Waals surface area contributed by atoms with Crippen molar-refractivity contribution in [3.05, 3.63) is 95.1 Å². The molecule has 1 aliphatic rings. The summed E-state index contributed by atoms with van der Waals surface area (Å²) in [6.07, 6.45) is 4.26. The molecular weight excluding hydrogens is 422 g/mol. The van der Waals surface area contributed by atoms with Gasteiger partial charge in [0.15, 0.2) is 0 Å². The number of rotatable bonds is 8. The molecule has 0 amide bonds. The molecule has 0 heterocycles. The second-order valence-corrected chi connectivity index (χ2v) is 9.62. The summed E-state index contributed by atoms with van der Waals surface area (Å²) in [5.41, 5.74) is 7.22. The minimum atomic E-state index is -0.919. The number of nitrogens with zero attached hydrogens (tertiary/aromatic N) is 1. The fourth-order valence-electron chi connectivity index (χ4n) is 4.54. The van der Waals surface area contributed by atoms with Crippen molar-refractivity contribution in [2.24, 2.45) is 0 Å². The summed E-state index contributed by atoms with van der Waals surface area (Å²) in [5.74, 6) is -0.0709. The van der Waals surface area contributed by atoms with E-state index in [0.29, 0.717) is 6.61 Å². The van der Waals surface area contributed by atoms with Crippen LogP contribution in [0.25, 0.3) is 5.57 Å². The van der Waals surface area contributed by atoms with E-state index in [-0.39, 0.29) is 11.0 Å². The number of hydrogen-bond acceptors (Lipinski definition) is 3. The summed E-state index contributed by atoms with van der Waals surface area (Å²) in [5, 5.41) is 9.33. The average molecular weight is 456 g/mol. The van der Waals surface area contributed by atoms with Crippen molar-refractivity contribution in [1.29, 1.82) is 0 Å². The van der Waals surface area contributed by atoms with Crippen LogP contribution in [0.2, 0.25) is 0 Å². The number of anilines is 2. The lowest BCUT2D eigenvalue weighted by Crippen LogP contribution is -2.24. The molecule has 0 bridgehead atoms. The molecule has 0 aliphatic heterocycles. The molecule has 1 N–H and O–H groups in total. The monoisotopic (exact) mass is 455 g/mol. The number of ether oxygens (including phenoxy) is 1. The zero-order chi connectivity index (χ0) is 24.3. The second kappa shape index (κ2) is 9.76. The van der Waals surface area contributed by atoms with Crippen LogP contribution < -0.4 is 9.64 Å². The number of hydrogen-bond donors (Lipinski definition) is 1. The average Bonchev–Trinajstić information content (AvgIpc) is 2.84. The maximum atomic E-state index is 11.4. The maximum absolute atomic E-state index is 11.4. The van der Waals surface area contributed by atoms with Crippen LogP contribution in [0.5, 0.6) is 5.75 Å². The van der Waals surface area contributed by atoms with Crippen LogP contribution >= 0.6 is 0 Å². The van der Waals surface area contributed by atoms with Crippen LogP contribution in [0, 0.1) is 0 Å². The molecule has 0 unspecified atom stereocenters. The molecule has 0 atom stereocenters. The fourth-order valence-corrected chi connectivity index (χ4v) is 4.54. The van der Waals surface area contributed by atoms with E-state index in [0.717, 1.165) is 42.1 Å². The summed E-state index contributed by atoms with van der Waals surface area (Å²) in [6.45, 7) is 10.2. The van der Waals surface area contributed by atoms with Gasteiger partial charge in [-0.3, -0.25) is 0 Å². The van der Waals surface area contributed by atoms with Crippen LogP contribution in [-0.2, 0) is 12.0 Å². The molecule has 0 aromatic heterocycles. The quantitative estimate of drug-likeness (QED) is 0.380. The predicted molar refractivity (Wildman–Crippen MR) is 139 cm³/mol. The molecule has 3 aromatic carbocycles. The van der Waals surface area contributed by atoms with E-state index in [1.807, 2.05) is 30.3 Å². The van der Waals surface area contributed by atoms with E-state index in [2.05, 4.69) is 62.9 Å². The smallest absolute Gasteiger partial charge is 0.335 e. The molecule has 1 aliphatic carbocycles. The summed E-state index contributed by atoms with van der Waals surface area (Å²) in [4.78, 5) is 13.6. The van der Waals surface area contributed by atoms with Gasteiger partial charge in [-0.1, -0.05) is 57.2 Å². The Morgan fingerprint density at radius 2 is 1.76 bits per heavy atom. The van der Waals surface area contributed by atoms with Crippen molar-refractivity contribution in [3.8, 4) is 5.75 Å². The summed E-state index contributed by atoms with van der Waals surface area (Å²) in [7, 11) is 0. The highest BCUT2D eigenvalue weighted by Crippen LogP contribution is 2.45. The Morgan fingerprint density at radius 3 is 2.41 bits per heavy atom. The largest absolute Gasteiger partial charge is 0.487 e. The minimum absolute atomic E-state index is 0.0248. The van der Waals surface area contributed by atoms with Gasteiger partial charge < -0.3 is 14.7 Å². The van der Waals surface area contributed by atoms with Gasteiger partial charge in [0.05, 0.1) is 11.3 Å². The second-order valence-electron chi connectivity index (χ2n) is 9.62. The molecule has 0 saturated heterocycles. The van der Waals surface area contributed by atoms with Gasteiger partial charge in [-0.2, -0.15) is 0 Å². The lowest BCUT2D eigenvalue weighted by atomic mass is 9.73. The molecule has 4 nitrogen and oxygen atoms in total. The van der Waals surface area contributed by atoms with Gasteiger partial charge in [0.2, 0.25) is 0 Å². The number of allylic oxidation sites excluding steroid dienone is 2. The summed E-state index contributed by atoms with van der Waals surface area (Å²) >= 11 is 0. The Kier molecular flexibility index (Phi) is 6.78. The van der Waals surface area contributed by atoms with Crippen molar-refractivity contribution in [3.63, 3.8) is 0 Å². The normalized spacial score (nSPS) is 14.2. The highest BCUT2D eigenvalue weighted by atomic mass is 16.5. The van der Waals surface area contributed by atoms with Gasteiger partial charge in [-0.05, 0) is 83.8 Å². The molecule has 3 aromatic rings. The number of carboxylic acids is 1. The number of carbonyl (C=O) groups is 1. The minimum Gasteiger partial charge on any atom is -0.487 e. The molecule has 0 spiro atoms. The summed E-state index contributed by atoms with van der Waals surface area (Å²) < 4.78 is 6.47. The Balaban J connectivity index is 1.82. The Morgan fingerprint density at radius 1 is 1.06 bits per heavy atom. The topological polar surface area (TPSA) is 49.8 Å². The van der Waals surface area contributed by atoms with Crippen molar-refractivity contribution < 1.29 is 14.6 Å². The van der Waals surface area contributed by atoms with Crippen molar-refractivity contribution >= 4 is 22.9 Å². The first-order chi connectivity index (χ1) is 16.3. The third kappa shape index (κ3) is 4.86. The number of benzene rings is 3. The molecule has 4 rings (SSSR count). The number of aromatic carboxylic acids is 1. The fraction of sp³-hybridized carbons (Fsp3) is 0.300. The van der Waals surface area contributed by atoms with Gasteiger partial charge in [0.25, 0.3) is 0 Å². The lowest BCUT2D eigenvalue weighted by Gasteiger charge is -2.34. The number of carboxylic acid groups (broad SMARTS) is 1. The van der Waals surface area contributed by atoms with Crippen molar-refractivity contribution in [2.75, 3.05) is 11.4 Å². The van der Waals surface area contributed by atoms with Crippen LogP contribution in [0.1, 0.15) is 67.6 Å². The highest BCUT2D eigenvalue weighted by molar-refractivity contribution is 5.88. The first-order valence-corrected chi connectivity index (χ1v) is 11.9. The van der Waals surface area contributed by atoms with E-state index >= 15 is 0 Å². The number of fused-ring (bicyclic) bond motifs is 1. The van der Waals surface area contributed by atoms with E-state index in [4.69, 9.17) is 4.74 Å². The van der Waals surface area contributed by atoms with Crippen molar-refractivity contribution in [1.82, 2.24) is 0 Å². The van der Waals surface area contributed by atoms with E-state index < -0.39 is 5.97 Å². The first-order valence-electron chi connectivity index (χ1n) is 11.9. The Labute approximate surface area is 202 Å². The third-order valence-corrected chi connectivity index (χ3v) is 6.57. The molecule has 4 heteroatoms. The van der Waals surface area contributed by atoms with Crippen LogP contribution in [0.4, 0.5) is 11.4 Å².